The van der Waals surface area contributed by atoms with E-state index in [0.29, 0.717) is 13.1 Å². The highest BCUT2D eigenvalue weighted by Gasteiger charge is 2.31. The van der Waals surface area contributed by atoms with Gasteiger partial charge in [-0.1, -0.05) is 6.07 Å². The number of aryl methyl sites for hydroxylation is 1. The van der Waals surface area contributed by atoms with Crippen LogP contribution in [0, 0.1) is 12.8 Å². The van der Waals surface area contributed by atoms with Crippen molar-refractivity contribution in [3.8, 4) is 0 Å². The SMILES string of the molecule is Cc1cccc(CN(C)S(=O)(=O)N2CCCC(CO)C2)n1. The van der Waals surface area contributed by atoms with Crippen molar-refractivity contribution in [1.29, 1.82) is 0 Å². The molecule has 2 heterocycles. The average Bonchev–Trinajstić information content (AvgIpc) is 2.47. The van der Waals surface area contributed by atoms with Crippen LogP contribution in [0.1, 0.15) is 24.2 Å². The minimum atomic E-state index is -3.50. The number of piperidine rings is 1. The average molecular weight is 313 g/mol. The number of rotatable bonds is 5. The first kappa shape index (κ1) is 16.4. The number of aliphatic hydroxyl groups excluding tert-OH is 1. The van der Waals surface area contributed by atoms with Gasteiger partial charge < -0.3 is 5.11 Å². The molecule has 0 bridgehead atoms. The number of aromatic nitrogens is 1. The van der Waals surface area contributed by atoms with Crippen LogP contribution in [0.15, 0.2) is 18.2 Å². The van der Waals surface area contributed by atoms with Gasteiger partial charge in [0.2, 0.25) is 0 Å². The van der Waals surface area contributed by atoms with Gasteiger partial charge in [0.25, 0.3) is 10.2 Å². The maximum atomic E-state index is 12.6. The van der Waals surface area contributed by atoms with Gasteiger partial charge in [-0.3, -0.25) is 4.98 Å². The van der Waals surface area contributed by atoms with E-state index in [4.69, 9.17) is 0 Å². The molecule has 1 N–H and O–H groups in total. The molecule has 21 heavy (non-hydrogen) atoms. The van der Waals surface area contributed by atoms with E-state index in [9.17, 15) is 13.5 Å². The summed E-state index contributed by atoms with van der Waals surface area (Å²) < 4.78 is 28.0. The fourth-order valence-electron chi connectivity index (χ4n) is 2.58. The Morgan fingerprint density at radius 2 is 2.24 bits per heavy atom. The van der Waals surface area contributed by atoms with Gasteiger partial charge in [-0.05, 0) is 37.8 Å². The largest absolute Gasteiger partial charge is 0.396 e. The number of nitrogens with zero attached hydrogens (tertiary/aromatic N) is 3. The van der Waals surface area contributed by atoms with E-state index in [2.05, 4.69) is 4.98 Å². The molecule has 7 heteroatoms. The van der Waals surface area contributed by atoms with Crippen molar-refractivity contribution in [2.45, 2.75) is 26.3 Å². The summed E-state index contributed by atoms with van der Waals surface area (Å²) in [5.41, 5.74) is 1.61. The normalized spacial score (nSPS) is 20.9. The van der Waals surface area contributed by atoms with E-state index in [-0.39, 0.29) is 19.1 Å². The lowest BCUT2D eigenvalue weighted by Gasteiger charge is -2.33. The van der Waals surface area contributed by atoms with Gasteiger partial charge in [-0.2, -0.15) is 17.0 Å². The highest BCUT2D eigenvalue weighted by atomic mass is 32.2. The topological polar surface area (TPSA) is 73.7 Å². The van der Waals surface area contributed by atoms with E-state index in [1.165, 1.54) is 8.61 Å². The molecule has 1 atom stereocenters. The van der Waals surface area contributed by atoms with Crippen LogP contribution in [-0.4, -0.2) is 53.9 Å². The van der Waals surface area contributed by atoms with Crippen molar-refractivity contribution >= 4 is 10.2 Å². The number of aliphatic hydroxyl groups is 1. The Labute approximate surface area is 126 Å². The lowest BCUT2D eigenvalue weighted by molar-refractivity contribution is 0.161. The Morgan fingerprint density at radius 1 is 1.48 bits per heavy atom. The predicted octanol–water partition coefficient (Wildman–Crippen LogP) is 0.771. The fraction of sp³-hybridized carbons (Fsp3) is 0.643. The minimum absolute atomic E-state index is 0.0369. The van der Waals surface area contributed by atoms with Gasteiger partial charge in [-0.25, -0.2) is 0 Å². The first-order chi connectivity index (χ1) is 9.93. The minimum Gasteiger partial charge on any atom is -0.396 e. The smallest absolute Gasteiger partial charge is 0.282 e. The van der Waals surface area contributed by atoms with Crippen LogP contribution in [-0.2, 0) is 16.8 Å². The highest BCUT2D eigenvalue weighted by Crippen LogP contribution is 2.21. The van der Waals surface area contributed by atoms with Gasteiger partial charge in [0, 0.05) is 32.4 Å². The Balaban J connectivity index is 2.07. The third-order valence-corrected chi connectivity index (χ3v) is 5.69. The van der Waals surface area contributed by atoms with Gasteiger partial charge in [0.15, 0.2) is 0 Å². The quantitative estimate of drug-likeness (QED) is 0.871. The van der Waals surface area contributed by atoms with Crippen LogP contribution in [0.3, 0.4) is 0 Å². The van der Waals surface area contributed by atoms with E-state index in [0.717, 1.165) is 24.2 Å². The van der Waals surface area contributed by atoms with E-state index < -0.39 is 10.2 Å². The molecule has 2 rings (SSSR count). The third-order valence-electron chi connectivity index (χ3n) is 3.79. The molecule has 1 unspecified atom stereocenters. The molecule has 1 fully saturated rings. The third kappa shape index (κ3) is 4.00. The Morgan fingerprint density at radius 3 is 2.90 bits per heavy atom. The van der Waals surface area contributed by atoms with Crippen molar-refractivity contribution in [3.63, 3.8) is 0 Å². The number of pyridine rings is 1. The van der Waals surface area contributed by atoms with Crippen molar-refractivity contribution in [2.75, 3.05) is 26.7 Å². The molecule has 118 valence electrons. The lowest BCUT2D eigenvalue weighted by atomic mass is 10.0. The summed E-state index contributed by atoms with van der Waals surface area (Å²) in [6.07, 6.45) is 1.67. The maximum absolute atomic E-state index is 12.6. The molecule has 1 saturated heterocycles. The van der Waals surface area contributed by atoms with E-state index >= 15 is 0 Å². The van der Waals surface area contributed by atoms with Crippen molar-refractivity contribution in [3.05, 3.63) is 29.6 Å². The van der Waals surface area contributed by atoms with Crippen molar-refractivity contribution in [1.82, 2.24) is 13.6 Å². The molecular weight excluding hydrogens is 290 g/mol. The molecule has 0 radical (unpaired) electrons. The van der Waals surface area contributed by atoms with Gasteiger partial charge >= 0.3 is 0 Å². The van der Waals surface area contributed by atoms with Crippen LogP contribution in [0.4, 0.5) is 0 Å². The first-order valence-corrected chi connectivity index (χ1v) is 8.58. The Hall–Kier alpha value is -1.02. The molecule has 1 aliphatic heterocycles. The molecule has 0 spiro atoms. The van der Waals surface area contributed by atoms with E-state index in [1.54, 1.807) is 7.05 Å². The number of hydrogen-bond donors (Lipinski definition) is 1. The second-order valence-corrected chi connectivity index (χ2v) is 7.62. The summed E-state index contributed by atoms with van der Waals surface area (Å²) in [5, 5.41) is 9.23. The second kappa shape index (κ2) is 6.83. The second-order valence-electron chi connectivity index (χ2n) is 5.58. The predicted molar refractivity (Wildman–Crippen MR) is 80.7 cm³/mol. The lowest BCUT2D eigenvalue weighted by Crippen LogP contribution is -2.47. The van der Waals surface area contributed by atoms with Crippen LogP contribution < -0.4 is 0 Å². The van der Waals surface area contributed by atoms with Crippen LogP contribution in [0.2, 0.25) is 0 Å². The van der Waals surface area contributed by atoms with E-state index in [1.807, 2.05) is 25.1 Å². The summed E-state index contributed by atoms with van der Waals surface area (Å²) in [6, 6.07) is 5.58. The van der Waals surface area contributed by atoms with Crippen molar-refractivity contribution in [2.24, 2.45) is 5.92 Å². The van der Waals surface area contributed by atoms with Gasteiger partial charge in [0.05, 0.1) is 12.2 Å². The Kier molecular flexibility index (Phi) is 5.32. The van der Waals surface area contributed by atoms with Crippen LogP contribution in [0.5, 0.6) is 0 Å². The first-order valence-electron chi connectivity index (χ1n) is 7.18. The van der Waals surface area contributed by atoms with Crippen LogP contribution in [0.25, 0.3) is 0 Å². The van der Waals surface area contributed by atoms with Gasteiger partial charge in [0.1, 0.15) is 0 Å². The molecule has 6 nitrogen and oxygen atoms in total. The molecule has 0 aliphatic carbocycles. The molecule has 1 aromatic rings. The zero-order chi connectivity index (χ0) is 15.5. The highest BCUT2D eigenvalue weighted by molar-refractivity contribution is 7.86. The number of hydrogen-bond acceptors (Lipinski definition) is 4. The zero-order valence-electron chi connectivity index (χ0n) is 12.6. The summed E-state index contributed by atoms with van der Waals surface area (Å²) in [7, 11) is -1.93. The zero-order valence-corrected chi connectivity index (χ0v) is 13.4. The summed E-state index contributed by atoms with van der Waals surface area (Å²) in [6.45, 7) is 3.09. The molecule has 0 amide bonds. The fourth-order valence-corrected chi connectivity index (χ4v) is 4.03. The summed E-state index contributed by atoms with van der Waals surface area (Å²) >= 11 is 0. The molecule has 0 saturated carbocycles. The molecule has 1 aliphatic rings. The van der Waals surface area contributed by atoms with Crippen molar-refractivity contribution < 1.29 is 13.5 Å². The molecule has 1 aromatic heterocycles. The molecular formula is C14H23N3O3S. The standard InChI is InChI=1S/C14H23N3O3S/c1-12-5-3-7-14(15-12)10-16(2)21(19,20)17-8-4-6-13(9-17)11-18/h3,5,7,13,18H,4,6,8-11H2,1-2H3. The maximum Gasteiger partial charge on any atom is 0.282 e. The Bertz CT molecular complexity index is 577. The van der Waals surface area contributed by atoms with Crippen LogP contribution >= 0.6 is 0 Å². The molecule has 0 aromatic carbocycles. The summed E-state index contributed by atoms with van der Waals surface area (Å²) in [4.78, 5) is 4.34. The summed E-state index contributed by atoms with van der Waals surface area (Å²) in [5.74, 6) is 0.0408. The van der Waals surface area contributed by atoms with Gasteiger partial charge in [-0.15, -0.1) is 0 Å². The monoisotopic (exact) mass is 313 g/mol.